The molecule has 2 aliphatic heterocycles. The van der Waals surface area contributed by atoms with Crippen LogP contribution in [0.2, 0.25) is 0 Å². The van der Waals surface area contributed by atoms with E-state index in [2.05, 4.69) is 15.3 Å². The van der Waals surface area contributed by atoms with Crippen molar-refractivity contribution in [2.75, 3.05) is 52.4 Å². The second-order valence-electron chi connectivity index (χ2n) is 16.5. The number of halogens is 2. The van der Waals surface area contributed by atoms with Gasteiger partial charge in [-0.15, -0.1) is 0 Å². The molecule has 4 heterocycles. The Kier molecular flexibility index (Phi) is 13.0. The molecular formula is C47H52F2N8O7. The third kappa shape index (κ3) is 9.51. The van der Waals surface area contributed by atoms with Crippen LogP contribution in [0.4, 0.5) is 8.78 Å². The van der Waals surface area contributed by atoms with E-state index in [-0.39, 0.29) is 36.3 Å². The van der Waals surface area contributed by atoms with Crippen molar-refractivity contribution in [1.82, 2.24) is 39.1 Å². The molecule has 10 rings (SSSR count). The van der Waals surface area contributed by atoms with E-state index in [1.165, 1.54) is 18.2 Å². The van der Waals surface area contributed by atoms with Crippen LogP contribution in [0.5, 0.6) is 0 Å². The lowest BCUT2D eigenvalue weighted by Crippen LogP contribution is -2.53. The lowest BCUT2D eigenvalue weighted by atomic mass is 10.0. The van der Waals surface area contributed by atoms with Gasteiger partial charge >= 0.3 is 5.97 Å². The molecule has 4 N–H and O–H groups in total. The number of carbonyl (C=O) groups excluding carboxylic acids is 3. The van der Waals surface area contributed by atoms with Gasteiger partial charge in [0.25, 0.3) is 17.7 Å². The molecule has 2 aliphatic carbocycles. The zero-order valence-corrected chi connectivity index (χ0v) is 34.9. The predicted octanol–water partition coefficient (Wildman–Crippen LogP) is 4.85. The number of nitrogens with zero attached hydrogens (tertiary/aromatic N) is 7. The number of piperazine rings is 2. The third-order valence-corrected chi connectivity index (χ3v) is 12.0. The first-order chi connectivity index (χ1) is 30.1. The van der Waals surface area contributed by atoms with Gasteiger partial charge in [-0.05, 0) is 96.5 Å². The minimum absolute atomic E-state index is 0. The summed E-state index contributed by atoms with van der Waals surface area (Å²) in [7, 11) is 3.85. The smallest absolute Gasteiger partial charge is 0.335 e. The number of carbonyl (C=O) groups is 4. The summed E-state index contributed by atoms with van der Waals surface area (Å²) in [5, 5.41) is 29.8. The van der Waals surface area contributed by atoms with E-state index in [1.807, 2.05) is 59.6 Å². The lowest BCUT2D eigenvalue weighted by molar-refractivity contribution is -0.149. The summed E-state index contributed by atoms with van der Waals surface area (Å²) in [4.78, 5) is 60.9. The van der Waals surface area contributed by atoms with E-state index in [4.69, 9.17) is 10.2 Å². The number of imidazole rings is 2. The molecule has 6 aromatic rings. The summed E-state index contributed by atoms with van der Waals surface area (Å²) in [5.41, 5.74) is 4.43. The van der Waals surface area contributed by atoms with Crippen LogP contribution < -0.4 is 5.32 Å². The molecule has 4 aliphatic rings. The minimum Gasteiger partial charge on any atom is -0.479 e. The van der Waals surface area contributed by atoms with Crippen molar-refractivity contribution in [3.05, 3.63) is 108 Å². The molecule has 4 aromatic carbocycles. The van der Waals surface area contributed by atoms with Crippen LogP contribution >= 0.6 is 0 Å². The SMILES string of the molecule is C.Cn1cnc2cc(-c3ccc(C(=O)N4CCN(C(=O)C5(O)CC5)CC4)c(F)c3)ccc21.Cn1cnc2cc(-c3ccc(C(=O)N4CCNCC4)c(F)c3)ccc21.O=C(O)C1(O)CC1. The number of aromatic nitrogens is 4. The monoisotopic (exact) mass is 878 g/mol. The Morgan fingerprint density at radius 2 is 0.969 bits per heavy atom. The number of benzene rings is 4. The van der Waals surface area contributed by atoms with E-state index >= 15 is 0 Å². The molecule has 64 heavy (non-hydrogen) atoms. The Labute approximate surface area is 368 Å². The largest absolute Gasteiger partial charge is 0.479 e. The summed E-state index contributed by atoms with van der Waals surface area (Å²) >= 11 is 0. The summed E-state index contributed by atoms with van der Waals surface area (Å²) < 4.78 is 33.3. The highest BCUT2D eigenvalue weighted by Gasteiger charge is 2.50. The van der Waals surface area contributed by atoms with Crippen LogP contribution in [-0.4, -0.2) is 136 Å². The Hall–Kier alpha value is -6.56. The zero-order chi connectivity index (χ0) is 44.6. The van der Waals surface area contributed by atoms with Crippen molar-refractivity contribution < 1.29 is 43.3 Å². The number of rotatable bonds is 6. The van der Waals surface area contributed by atoms with Crippen LogP contribution in [0.15, 0.2) is 85.5 Å². The fourth-order valence-electron chi connectivity index (χ4n) is 7.65. The second-order valence-corrected chi connectivity index (χ2v) is 16.5. The molecule has 2 saturated heterocycles. The Morgan fingerprint density at radius 3 is 1.36 bits per heavy atom. The second kappa shape index (κ2) is 18.3. The van der Waals surface area contributed by atoms with Gasteiger partial charge in [-0.3, -0.25) is 14.4 Å². The van der Waals surface area contributed by atoms with Gasteiger partial charge in [0.05, 0.1) is 45.8 Å². The number of carboxylic acid groups (broad SMARTS) is 1. The Balaban J connectivity index is 0.000000166. The van der Waals surface area contributed by atoms with E-state index in [1.54, 1.807) is 45.6 Å². The molecule has 0 radical (unpaired) electrons. The van der Waals surface area contributed by atoms with Gasteiger partial charge in [0.1, 0.15) is 17.2 Å². The number of hydrogen-bond donors (Lipinski definition) is 4. The maximum Gasteiger partial charge on any atom is 0.335 e. The quantitative estimate of drug-likeness (QED) is 0.180. The van der Waals surface area contributed by atoms with Gasteiger partial charge in [0.15, 0.2) is 5.60 Å². The molecular weight excluding hydrogens is 827 g/mol. The van der Waals surface area contributed by atoms with Crippen molar-refractivity contribution >= 4 is 45.8 Å². The highest BCUT2D eigenvalue weighted by atomic mass is 19.1. The standard InChI is InChI=1S/C23H23FN4O3.C19H19FN4O.C4H6O3.CH4/c1-26-14-25-19-13-16(3-5-20(19)26)15-2-4-17(18(24)12-15)21(29)27-8-10-28(11-9-27)22(30)23(31)6-7-23;1-23-12-22-17-11-14(3-5-18(17)23)13-2-4-15(16(20)10-13)19(25)24-8-6-21-7-9-24;5-3(6)4(7)1-2-4;/h2-5,12-14,31H,6-11H2,1H3;2-5,10-12,21H,6-9H2,1H3;7H,1-2H2,(H,5,6);1H4. The zero-order valence-electron chi connectivity index (χ0n) is 34.9. The first kappa shape index (κ1) is 45.5. The van der Waals surface area contributed by atoms with Crippen LogP contribution in [0.1, 0.15) is 53.8 Å². The first-order valence-corrected chi connectivity index (χ1v) is 20.8. The molecule has 17 heteroatoms. The molecule has 0 bridgehead atoms. The van der Waals surface area contributed by atoms with Crippen molar-refractivity contribution in [2.45, 2.75) is 44.3 Å². The fraction of sp³-hybridized carbons (Fsp3) is 0.362. The Bertz CT molecular complexity index is 2730. The molecule has 2 aromatic heterocycles. The highest BCUT2D eigenvalue weighted by molar-refractivity contribution is 5.96. The maximum atomic E-state index is 14.9. The summed E-state index contributed by atoms with van der Waals surface area (Å²) in [6.07, 6.45) is 5.32. The van der Waals surface area contributed by atoms with Crippen molar-refractivity contribution in [3.8, 4) is 22.3 Å². The number of nitrogens with one attached hydrogen (secondary N) is 1. The predicted molar refractivity (Wildman–Crippen MR) is 236 cm³/mol. The van der Waals surface area contributed by atoms with Crippen molar-refractivity contribution in [3.63, 3.8) is 0 Å². The van der Waals surface area contributed by atoms with Crippen molar-refractivity contribution in [1.29, 1.82) is 0 Å². The number of fused-ring (bicyclic) bond motifs is 2. The molecule has 3 amide bonds. The number of hydrogen-bond acceptors (Lipinski definition) is 9. The third-order valence-electron chi connectivity index (χ3n) is 12.0. The molecule has 0 atom stereocenters. The van der Waals surface area contributed by atoms with Crippen LogP contribution in [0.25, 0.3) is 44.3 Å². The lowest BCUT2D eigenvalue weighted by Gasteiger charge is -2.35. The van der Waals surface area contributed by atoms with Crippen LogP contribution in [0.3, 0.4) is 0 Å². The summed E-state index contributed by atoms with van der Waals surface area (Å²) in [6.45, 7) is 4.03. The van der Waals surface area contributed by atoms with E-state index < -0.39 is 28.8 Å². The molecule has 336 valence electrons. The summed E-state index contributed by atoms with van der Waals surface area (Å²) in [6, 6.07) is 21.0. The average molecular weight is 879 g/mol. The van der Waals surface area contributed by atoms with Crippen molar-refractivity contribution in [2.24, 2.45) is 14.1 Å². The molecule has 0 unspecified atom stereocenters. The van der Waals surface area contributed by atoms with E-state index in [0.717, 1.165) is 51.8 Å². The van der Waals surface area contributed by atoms with Crippen LogP contribution in [-0.2, 0) is 23.7 Å². The molecule has 4 fully saturated rings. The van der Waals surface area contributed by atoms with E-state index in [0.29, 0.717) is 70.5 Å². The number of carboxylic acids is 1. The van der Waals surface area contributed by atoms with Gasteiger partial charge in [-0.1, -0.05) is 31.7 Å². The Morgan fingerprint density at radius 1 is 0.578 bits per heavy atom. The first-order valence-electron chi connectivity index (χ1n) is 20.8. The highest BCUT2D eigenvalue weighted by Crippen LogP contribution is 2.37. The van der Waals surface area contributed by atoms with E-state index in [9.17, 15) is 33.1 Å². The topological polar surface area (TPSA) is 186 Å². The minimum atomic E-state index is -1.33. The molecule has 15 nitrogen and oxygen atoms in total. The normalized spacial score (nSPS) is 17.1. The van der Waals surface area contributed by atoms with Gasteiger partial charge < -0.3 is 44.5 Å². The average Bonchev–Trinajstić information content (AvgIpc) is 4.18. The van der Waals surface area contributed by atoms with Gasteiger partial charge in [0.2, 0.25) is 0 Å². The number of aliphatic carboxylic acids is 1. The number of aryl methyl sites for hydroxylation is 2. The van der Waals surface area contributed by atoms with Gasteiger partial charge in [-0.25, -0.2) is 23.5 Å². The summed E-state index contributed by atoms with van der Waals surface area (Å²) in [5.74, 6) is -3.05. The maximum absolute atomic E-state index is 14.9. The molecule has 2 saturated carbocycles. The number of amides is 3. The number of aliphatic hydroxyl groups is 2. The van der Waals surface area contributed by atoms with Gasteiger partial charge in [0, 0.05) is 66.5 Å². The molecule has 0 spiro atoms. The van der Waals surface area contributed by atoms with Gasteiger partial charge in [-0.2, -0.15) is 0 Å². The van der Waals surface area contributed by atoms with Crippen LogP contribution in [0, 0.1) is 11.6 Å². The fourth-order valence-corrected chi connectivity index (χ4v) is 7.65.